The monoisotopic (exact) mass is 402 g/mol. The number of thioether (sulfide) groups is 1. The molecule has 0 bridgehead atoms. The summed E-state index contributed by atoms with van der Waals surface area (Å²) < 4.78 is 0. The molecule has 2 aromatic rings. The normalized spacial score (nSPS) is 17.0. The Hall–Kier alpha value is -1.93. The van der Waals surface area contributed by atoms with Gasteiger partial charge in [-0.2, -0.15) is 5.26 Å². The number of amides is 1. The maximum atomic E-state index is 12.2. The summed E-state index contributed by atoms with van der Waals surface area (Å²) in [5, 5.41) is 14.2. The Morgan fingerprint density at radius 3 is 2.58 bits per heavy atom. The minimum atomic E-state index is -0.217. The quantitative estimate of drug-likeness (QED) is 0.726. The van der Waals surface area contributed by atoms with E-state index in [1.54, 1.807) is 12.1 Å². The van der Waals surface area contributed by atoms with Gasteiger partial charge in [0.1, 0.15) is 0 Å². The van der Waals surface area contributed by atoms with E-state index in [2.05, 4.69) is 11.4 Å². The summed E-state index contributed by atoms with van der Waals surface area (Å²) in [6.07, 6.45) is 0.281. The van der Waals surface area contributed by atoms with Crippen LogP contribution in [0.4, 0.5) is 0 Å². The van der Waals surface area contributed by atoms with Gasteiger partial charge in [0.05, 0.1) is 26.7 Å². The van der Waals surface area contributed by atoms with E-state index in [1.807, 2.05) is 37.3 Å². The van der Waals surface area contributed by atoms with E-state index < -0.39 is 0 Å². The van der Waals surface area contributed by atoms with Crippen molar-refractivity contribution < 1.29 is 4.79 Å². The number of benzene rings is 2. The van der Waals surface area contributed by atoms with Crippen LogP contribution in [-0.4, -0.2) is 5.91 Å². The number of aryl methyl sites for hydroxylation is 1. The van der Waals surface area contributed by atoms with Crippen LogP contribution < -0.4 is 5.32 Å². The molecule has 2 aromatic carbocycles. The molecule has 0 fully saturated rings. The predicted octanol–water partition coefficient (Wildman–Crippen LogP) is 5.57. The van der Waals surface area contributed by atoms with Gasteiger partial charge in [-0.05, 0) is 30.2 Å². The number of hydrogen-bond donors (Lipinski definition) is 1. The predicted molar refractivity (Wildman–Crippen MR) is 107 cm³/mol. The van der Waals surface area contributed by atoms with Crippen LogP contribution in [0.3, 0.4) is 0 Å². The second kappa shape index (κ2) is 8.18. The Bertz CT molecular complexity index is 916. The molecule has 0 aliphatic carbocycles. The molecule has 6 heteroatoms. The first kappa shape index (κ1) is 18.8. The van der Waals surface area contributed by atoms with Crippen LogP contribution in [0.25, 0.3) is 0 Å². The van der Waals surface area contributed by atoms with E-state index in [1.165, 1.54) is 11.8 Å². The summed E-state index contributed by atoms with van der Waals surface area (Å²) in [5.41, 5.74) is 3.69. The fourth-order valence-corrected chi connectivity index (χ4v) is 4.14. The van der Waals surface area contributed by atoms with E-state index in [0.29, 0.717) is 26.4 Å². The molecule has 0 aromatic heterocycles. The molecule has 3 rings (SSSR count). The fraction of sp³-hybridized carbons (Fsp3) is 0.200. The molecule has 0 radical (unpaired) electrons. The zero-order valence-electron chi connectivity index (χ0n) is 14.1. The van der Waals surface area contributed by atoms with Crippen LogP contribution in [0.1, 0.15) is 29.0 Å². The number of nitrogens with one attached hydrogen (secondary N) is 1. The van der Waals surface area contributed by atoms with E-state index in [-0.39, 0.29) is 18.2 Å². The molecule has 1 heterocycles. The number of hydrogen-bond acceptors (Lipinski definition) is 3. The second-order valence-electron chi connectivity index (χ2n) is 6.11. The largest absolute Gasteiger partial charge is 0.320 e. The summed E-state index contributed by atoms with van der Waals surface area (Å²) in [4.78, 5) is 12.2. The number of carbonyl (C=O) groups is 1. The standard InChI is InChI=1S/C20H16Cl2N2OS/c1-12-2-5-14(6-3-12)15-9-19(25)24-20(16(15)10-23)26-11-13-4-7-17(21)18(22)8-13/h2-8,15H,9,11H2,1H3,(H,24,25)/t15-/m0/s1. The Labute approximate surface area is 167 Å². The lowest BCUT2D eigenvalue weighted by Crippen LogP contribution is -2.30. The first-order valence-electron chi connectivity index (χ1n) is 8.05. The lowest BCUT2D eigenvalue weighted by atomic mass is 9.87. The molecule has 1 aliphatic heterocycles. The molecular weight excluding hydrogens is 387 g/mol. The zero-order chi connectivity index (χ0) is 18.7. The molecule has 1 aliphatic rings. The van der Waals surface area contributed by atoms with Crippen molar-refractivity contribution in [2.45, 2.75) is 25.0 Å². The topological polar surface area (TPSA) is 52.9 Å². The van der Waals surface area contributed by atoms with E-state index >= 15 is 0 Å². The van der Waals surface area contributed by atoms with Crippen molar-refractivity contribution in [3.8, 4) is 6.07 Å². The highest BCUT2D eigenvalue weighted by Crippen LogP contribution is 2.37. The van der Waals surface area contributed by atoms with Crippen LogP contribution in [0, 0.1) is 18.3 Å². The van der Waals surface area contributed by atoms with Gasteiger partial charge in [-0.1, -0.05) is 59.1 Å². The van der Waals surface area contributed by atoms with Gasteiger partial charge in [0.15, 0.2) is 0 Å². The summed E-state index contributed by atoms with van der Waals surface area (Å²) in [6, 6.07) is 15.7. The average Bonchev–Trinajstić information content (AvgIpc) is 2.63. The first-order valence-corrected chi connectivity index (χ1v) is 9.79. The van der Waals surface area contributed by atoms with Gasteiger partial charge in [-0.3, -0.25) is 4.79 Å². The number of allylic oxidation sites excluding steroid dienone is 1. The third-order valence-corrected chi connectivity index (χ3v) is 6.03. The maximum absolute atomic E-state index is 12.2. The van der Waals surface area contributed by atoms with Gasteiger partial charge < -0.3 is 5.32 Å². The summed E-state index contributed by atoms with van der Waals surface area (Å²) in [6.45, 7) is 2.01. The highest BCUT2D eigenvalue weighted by atomic mass is 35.5. The summed E-state index contributed by atoms with van der Waals surface area (Å²) in [7, 11) is 0. The van der Waals surface area contributed by atoms with Gasteiger partial charge in [0.2, 0.25) is 5.91 Å². The molecule has 1 amide bonds. The van der Waals surface area contributed by atoms with Crippen LogP contribution in [0.2, 0.25) is 10.0 Å². The molecule has 1 N–H and O–H groups in total. The molecule has 0 saturated heterocycles. The average molecular weight is 403 g/mol. The highest BCUT2D eigenvalue weighted by molar-refractivity contribution is 8.02. The third-order valence-electron chi connectivity index (χ3n) is 4.20. The zero-order valence-corrected chi connectivity index (χ0v) is 16.4. The SMILES string of the molecule is Cc1ccc([C@@H]2CC(=O)NC(SCc3ccc(Cl)c(Cl)c3)=C2C#N)cc1. The minimum Gasteiger partial charge on any atom is -0.320 e. The van der Waals surface area contributed by atoms with Crippen molar-refractivity contribution in [2.75, 3.05) is 0 Å². The lowest BCUT2D eigenvalue weighted by molar-refractivity contribution is -0.120. The van der Waals surface area contributed by atoms with Crippen molar-refractivity contribution in [1.82, 2.24) is 5.32 Å². The summed E-state index contributed by atoms with van der Waals surface area (Å²) >= 11 is 13.4. The smallest absolute Gasteiger partial charge is 0.225 e. The van der Waals surface area contributed by atoms with E-state index in [9.17, 15) is 10.1 Å². The van der Waals surface area contributed by atoms with Crippen LogP contribution in [-0.2, 0) is 10.5 Å². The van der Waals surface area contributed by atoms with Crippen LogP contribution >= 0.6 is 35.0 Å². The number of rotatable bonds is 4. The molecule has 0 saturated carbocycles. The van der Waals surface area contributed by atoms with Crippen molar-refractivity contribution in [1.29, 1.82) is 5.26 Å². The van der Waals surface area contributed by atoms with Gasteiger partial charge in [-0.15, -0.1) is 11.8 Å². The van der Waals surface area contributed by atoms with Gasteiger partial charge in [-0.25, -0.2) is 0 Å². The first-order chi connectivity index (χ1) is 12.5. The van der Waals surface area contributed by atoms with Gasteiger partial charge in [0, 0.05) is 18.1 Å². The molecular formula is C20H16Cl2N2OS. The minimum absolute atomic E-state index is 0.0776. The van der Waals surface area contributed by atoms with Gasteiger partial charge in [0.25, 0.3) is 0 Å². The Morgan fingerprint density at radius 2 is 1.92 bits per heavy atom. The molecule has 0 spiro atoms. The number of halogens is 2. The van der Waals surface area contributed by atoms with E-state index in [4.69, 9.17) is 23.2 Å². The van der Waals surface area contributed by atoms with Crippen LogP contribution in [0.15, 0.2) is 53.1 Å². The molecule has 132 valence electrons. The molecule has 1 atom stereocenters. The summed E-state index contributed by atoms with van der Waals surface area (Å²) in [5.74, 6) is 0.287. The number of nitriles is 1. The fourth-order valence-electron chi connectivity index (χ4n) is 2.80. The van der Waals surface area contributed by atoms with Crippen molar-refractivity contribution in [3.05, 3.63) is 79.8 Å². The Kier molecular flexibility index (Phi) is 5.93. The number of nitrogens with zero attached hydrogens (tertiary/aromatic N) is 1. The van der Waals surface area contributed by atoms with Crippen molar-refractivity contribution >= 4 is 40.9 Å². The Morgan fingerprint density at radius 1 is 1.19 bits per heavy atom. The highest BCUT2D eigenvalue weighted by Gasteiger charge is 2.29. The number of carbonyl (C=O) groups excluding carboxylic acids is 1. The third kappa shape index (κ3) is 4.24. The van der Waals surface area contributed by atoms with Crippen molar-refractivity contribution in [2.24, 2.45) is 0 Å². The Balaban J connectivity index is 1.87. The van der Waals surface area contributed by atoms with Crippen molar-refractivity contribution in [3.63, 3.8) is 0 Å². The molecule has 3 nitrogen and oxygen atoms in total. The second-order valence-corrected chi connectivity index (χ2v) is 7.91. The van der Waals surface area contributed by atoms with E-state index in [0.717, 1.165) is 16.7 Å². The van der Waals surface area contributed by atoms with Crippen LogP contribution in [0.5, 0.6) is 0 Å². The van der Waals surface area contributed by atoms with Gasteiger partial charge >= 0.3 is 0 Å². The molecule has 0 unspecified atom stereocenters. The maximum Gasteiger partial charge on any atom is 0.225 e. The molecule has 26 heavy (non-hydrogen) atoms. The lowest BCUT2D eigenvalue weighted by Gasteiger charge is -2.25.